The Hall–Kier alpha value is -0.0700. The van der Waals surface area contributed by atoms with Crippen LogP contribution in [0.1, 0.15) is 6.42 Å². The van der Waals surface area contributed by atoms with E-state index in [0.717, 1.165) is 31.0 Å². The van der Waals surface area contributed by atoms with Gasteiger partial charge in [0.05, 0.1) is 0 Å². The Morgan fingerprint density at radius 3 is 2.42 bits per heavy atom. The molecule has 0 aliphatic rings. The summed E-state index contributed by atoms with van der Waals surface area (Å²) in [5.41, 5.74) is 15.6. The van der Waals surface area contributed by atoms with Gasteiger partial charge in [0.15, 0.2) is 5.96 Å². The summed E-state index contributed by atoms with van der Waals surface area (Å²) in [4.78, 5) is 3.87. The van der Waals surface area contributed by atoms with Gasteiger partial charge in [-0.3, -0.25) is 4.99 Å². The third-order valence-electron chi connectivity index (χ3n) is 0.965. The van der Waals surface area contributed by atoms with Crippen LogP contribution in [0.5, 0.6) is 0 Å². The second-order valence-electron chi connectivity index (χ2n) is 2.09. The molecule has 0 aliphatic carbocycles. The number of aliphatic imine (C=N–C) groups is 1. The molecule has 0 aromatic heterocycles. The molecule has 0 saturated carbocycles. The molecule has 0 unspecified atom stereocenters. The summed E-state index contributed by atoms with van der Waals surface area (Å²) < 4.78 is 0. The second-order valence-corrected chi connectivity index (χ2v) is 4.79. The summed E-state index contributed by atoms with van der Waals surface area (Å²) in [6, 6.07) is 0. The summed E-state index contributed by atoms with van der Waals surface area (Å²) in [6.07, 6.45) is 1.01. The van der Waals surface area contributed by atoms with Crippen molar-refractivity contribution in [1.29, 1.82) is 0 Å². The van der Waals surface area contributed by atoms with Crippen LogP contribution in [0.4, 0.5) is 0 Å². The van der Waals surface area contributed by atoms with Gasteiger partial charge in [-0.05, 0) is 6.42 Å². The maximum Gasteiger partial charge on any atom is 0.185 e. The zero-order valence-electron chi connectivity index (χ0n) is 7.03. The Labute approximate surface area is 81.1 Å². The number of nitrogens with zero attached hydrogens (tertiary/aromatic N) is 1. The highest BCUT2D eigenvalue weighted by Crippen LogP contribution is 2.20. The van der Waals surface area contributed by atoms with Gasteiger partial charge < -0.3 is 17.2 Å². The van der Waals surface area contributed by atoms with Crippen molar-refractivity contribution in [2.45, 2.75) is 6.42 Å². The molecular formula is C6H16N4S2. The van der Waals surface area contributed by atoms with Gasteiger partial charge in [0.1, 0.15) is 0 Å². The van der Waals surface area contributed by atoms with Crippen LogP contribution in [-0.2, 0) is 0 Å². The second kappa shape index (κ2) is 9.02. The molecule has 0 aromatic rings. The highest BCUT2D eigenvalue weighted by molar-refractivity contribution is 8.76. The lowest BCUT2D eigenvalue weighted by atomic mass is 10.5. The Morgan fingerprint density at radius 2 is 1.83 bits per heavy atom. The minimum Gasteiger partial charge on any atom is -0.370 e. The minimum absolute atomic E-state index is 0.176. The highest BCUT2D eigenvalue weighted by atomic mass is 33.1. The normalized spacial score (nSPS) is 9.75. The third kappa shape index (κ3) is 9.93. The molecule has 72 valence electrons. The van der Waals surface area contributed by atoms with Crippen LogP contribution in [0, 0.1) is 0 Å². The molecule has 0 rings (SSSR count). The van der Waals surface area contributed by atoms with E-state index >= 15 is 0 Å². The lowest BCUT2D eigenvalue weighted by molar-refractivity contribution is 0.940. The van der Waals surface area contributed by atoms with E-state index in [1.807, 2.05) is 10.8 Å². The molecule has 0 amide bonds. The fourth-order valence-corrected chi connectivity index (χ4v) is 2.43. The molecule has 0 atom stereocenters. The Morgan fingerprint density at radius 1 is 1.17 bits per heavy atom. The van der Waals surface area contributed by atoms with E-state index in [4.69, 9.17) is 17.2 Å². The maximum absolute atomic E-state index is 5.32. The van der Waals surface area contributed by atoms with Crippen LogP contribution in [0.3, 0.4) is 0 Å². The van der Waals surface area contributed by atoms with Crippen molar-refractivity contribution in [3.63, 3.8) is 0 Å². The summed E-state index contributed by atoms with van der Waals surface area (Å²) in [7, 11) is 3.61. The van der Waals surface area contributed by atoms with E-state index in [-0.39, 0.29) is 5.96 Å². The Balaban J connectivity index is 2.96. The summed E-state index contributed by atoms with van der Waals surface area (Å²) in [5, 5.41) is 0. The number of hydrogen-bond donors (Lipinski definition) is 3. The zero-order chi connectivity index (χ0) is 9.23. The quantitative estimate of drug-likeness (QED) is 0.237. The summed E-state index contributed by atoms with van der Waals surface area (Å²) >= 11 is 0. The van der Waals surface area contributed by atoms with Crippen molar-refractivity contribution in [2.24, 2.45) is 22.2 Å². The lowest BCUT2D eigenvalue weighted by Crippen LogP contribution is -2.23. The smallest absolute Gasteiger partial charge is 0.185 e. The maximum atomic E-state index is 5.32. The van der Waals surface area contributed by atoms with Gasteiger partial charge in [-0.15, -0.1) is 0 Å². The summed E-state index contributed by atoms with van der Waals surface area (Å²) in [6.45, 7) is 1.46. The van der Waals surface area contributed by atoms with E-state index in [9.17, 15) is 0 Å². The number of guanidine groups is 1. The van der Waals surface area contributed by atoms with Crippen LogP contribution in [0.2, 0.25) is 0 Å². The van der Waals surface area contributed by atoms with E-state index in [1.165, 1.54) is 0 Å². The standard InChI is InChI=1S/C6H16N4S2/c7-2-5-12-11-4-1-3-10-6(8)9/h1-5,7H2,(H4,8,9,10). The molecule has 0 bridgehead atoms. The zero-order valence-corrected chi connectivity index (χ0v) is 8.66. The van der Waals surface area contributed by atoms with Crippen molar-refractivity contribution in [3.8, 4) is 0 Å². The van der Waals surface area contributed by atoms with E-state index in [1.54, 1.807) is 10.8 Å². The van der Waals surface area contributed by atoms with Crippen LogP contribution in [0.15, 0.2) is 4.99 Å². The van der Waals surface area contributed by atoms with Crippen molar-refractivity contribution in [2.75, 3.05) is 24.6 Å². The molecule has 0 aliphatic heterocycles. The first kappa shape index (κ1) is 11.9. The van der Waals surface area contributed by atoms with Gasteiger partial charge in [0.2, 0.25) is 0 Å². The van der Waals surface area contributed by atoms with Gasteiger partial charge in [-0.2, -0.15) is 0 Å². The molecule has 12 heavy (non-hydrogen) atoms. The van der Waals surface area contributed by atoms with Crippen LogP contribution < -0.4 is 17.2 Å². The molecule has 0 saturated heterocycles. The van der Waals surface area contributed by atoms with Gasteiger partial charge in [0.25, 0.3) is 0 Å². The topological polar surface area (TPSA) is 90.4 Å². The van der Waals surface area contributed by atoms with Crippen LogP contribution >= 0.6 is 21.6 Å². The fourth-order valence-electron chi connectivity index (χ4n) is 0.498. The predicted molar refractivity (Wildman–Crippen MR) is 59.3 cm³/mol. The van der Waals surface area contributed by atoms with Gasteiger partial charge in [-0.1, -0.05) is 21.6 Å². The number of rotatable bonds is 7. The highest BCUT2D eigenvalue weighted by Gasteiger charge is 1.89. The first-order chi connectivity index (χ1) is 5.77. The molecule has 0 aromatic carbocycles. The Bertz CT molecular complexity index is 125. The molecule has 0 heterocycles. The van der Waals surface area contributed by atoms with Crippen LogP contribution in [0.25, 0.3) is 0 Å². The van der Waals surface area contributed by atoms with Gasteiger partial charge >= 0.3 is 0 Å². The van der Waals surface area contributed by atoms with E-state index in [2.05, 4.69) is 4.99 Å². The van der Waals surface area contributed by atoms with E-state index in [0.29, 0.717) is 0 Å². The minimum atomic E-state index is 0.176. The fraction of sp³-hybridized carbons (Fsp3) is 0.833. The number of nitrogens with two attached hydrogens (primary N) is 3. The largest absolute Gasteiger partial charge is 0.370 e. The lowest BCUT2D eigenvalue weighted by Gasteiger charge is -1.97. The molecule has 6 N–H and O–H groups in total. The average Bonchev–Trinajstić information content (AvgIpc) is 2.02. The van der Waals surface area contributed by atoms with Gasteiger partial charge in [0, 0.05) is 24.6 Å². The molecule has 4 nitrogen and oxygen atoms in total. The SMILES string of the molecule is NCCSSCCCN=C(N)N. The monoisotopic (exact) mass is 208 g/mol. The van der Waals surface area contributed by atoms with Crippen molar-refractivity contribution in [1.82, 2.24) is 0 Å². The van der Waals surface area contributed by atoms with Gasteiger partial charge in [-0.25, -0.2) is 0 Å². The molecule has 0 spiro atoms. The molecular weight excluding hydrogens is 192 g/mol. The van der Waals surface area contributed by atoms with E-state index < -0.39 is 0 Å². The number of hydrogen-bond acceptors (Lipinski definition) is 4. The van der Waals surface area contributed by atoms with Crippen molar-refractivity contribution < 1.29 is 0 Å². The first-order valence-electron chi connectivity index (χ1n) is 3.77. The molecule has 6 heteroatoms. The first-order valence-corrected chi connectivity index (χ1v) is 6.26. The molecule has 0 fully saturated rings. The summed E-state index contributed by atoms with van der Waals surface area (Å²) in [5.74, 6) is 2.25. The van der Waals surface area contributed by atoms with Crippen molar-refractivity contribution in [3.05, 3.63) is 0 Å². The predicted octanol–water partition coefficient (Wildman–Crippen LogP) is -0.0100. The Kier molecular flexibility index (Phi) is 8.97. The molecule has 0 radical (unpaired) electrons. The van der Waals surface area contributed by atoms with Crippen molar-refractivity contribution >= 4 is 27.5 Å². The average molecular weight is 208 g/mol. The third-order valence-corrected chi connectivity index (χ3v) is 3.49. The van der Waals surface area contributed by atoms with Crippen LogP contribution in [-0.4, -0.2) is 30.6 Å².